The summed E-state index contributed by atoms with van der Waals surface area (Å²) in [5, 5.41) is 0. The first-order valence-corrected chi connectivity index (χ1v) is 6.37. The van der Waals surface area contributed by atoms with Crippen molar-refractivity contribution in [2.45, 2.75) is 0 Å². The van der Waals surface area contributed by atoms with E-state index in [0.29, 0.717) is 15.6 Å². The smallest absolute Gasteiger partial charge is 0.197 e. The van der Waals surface area contributed by atoms with Gasteiger partial charge < -0.3 is 11.5 Å². The van der Waals surface area contributed by atoms with Crippen LogP contribution in [0, 0.1) is 0 Å². The zero-order valence-electron chi connectivity index (χ0n) is 9.74. The third kappa shape index (κ3) is 1.51. The zero-order valence-corrected chi connectivity index (χ0v) is 11.3. The molecule has 3 rings (SSSR count). The molecule has 0 heterocycles. The lowest BCUT2D eigenvalue weighted by atomic mass is 9.82. The van der Waals surface area contributed by atoms with E-state index < -0.39 is 0 Å². The molecule has 0 saturated heterocycles. The standard InChI is InChI=1S/C14H9BrN2O2/c15-7-3-1-2-6-10(7)14(19)12-9(17)5-4-8(16)11(12)13(6)18/h1-5H,16-17H2. The molecule has 4 N–H and O–H groups in total. The fourth-order valence-electron chi connectivity index (χ4n) is 2.33. The molecule has 1 aliphatic rings. The Morgan fingerprint density at radius 2 is 1.37 bits per heavy atom. The largest absolute Gasteiger partial charge is 0.398 e. The van der Waals surface area contributed by atoms with E-state index in [4.69, 9.17) is 11.5 Å². The number of halogens is 1. The summed E-state index contributed by atoms with van der Waals surface area (Å²) in [6.07, 6.45) is 0. The second kappa shape index (κ2) is 3.93. The van der Waals surface area contributed by atoms with E-state index in [1.165, 1.54) is 0 Å². The number of rotatable bonds is 0. The third-order valence-corrected chi connectivity index (χ3v) is 3.87. The van der Waals surface area contributed by atoms with E-state index in [9.17, 15) is 9.59 Å². The normalized spacial score (nSPS) is 13.1. The number of benzene rings is 2. The van der Waals surface area contributed by atoms with Gasteiger partial charge in [0, 0.05) is 27.0 Å². The number of anilines is 2. The van der Waals surface area contributed by atoms with Gasteiger partial charge in [-0.05, 0) is 18.2 Å². The molecule has 2 aromatic carbocycles. The Morgan fingerprint density at radius 1 is 0.789 bits per heavy atom. The molecule has 0 spiro atoms. The Hall–Kier alpha value is -2.14. The van der Waals surface area contributed by atoms with Gasteiger partial charge in [0.15, 0.2) is 11.6 Å². The van der Waals surface area contributed by atoms with Gasteiger partial charge in [-0.25, -0.2) is 0 Å². The van der Waals surface area contributed by atoms with Gasteiger partial charge in [0.25, 0.3) is 0 Å². The number of nitrogens with two attached hydrogens (primary N) is 2. The lowest BCUT2D eigenvalue weighted by Crippen LogP contribution is -2.24. The quantitative estimate of drug-likeness (QED) is 0.623. The van der Waals surface area contributed by atoms with Crippen LogP contribution in [0.4, 0.5) is 11.4 Å². The van der Waals surface area contributed by atoms with Gasteiger partial charge in [0.2, 0.25) is 0 Å². The second-order valence-electron chi connectivity index (χ2n) is 4.31. The summed E-state index contributed by atoms with van der Waals surface area (Å²) < 4.78 is 0.579. The summed E-state index contributed by atoms with van der Waals surface area (Å²) in [6, 6.07) is 8.13. The summed E-state index contributed by atoms with van der Waals surface area (Å²) in [5.41, 5.74) is 13.3. The maximum Gasteiger partial charge on any atom is 0.197 e. The summed E-state index contributed by atoms with van der Waals surface area (Å²) in [5.74, 6) is -0.544. The van der Waals surface area contributed by atoms with E-state index in [1.54, 1.807) is 30.3 Å². The molecule has 0 radical (unpaired) electrons. The lowest BCUT2D eigenvalue weighted by molar-refractivity contribution is 0.0979. The Kier molecular flexibility index (Phi) is 2.46. The first-order chi connectivity index (χ1) is 9.02. The number of carbonyl (C=O) groups excluding carboxylic acids is 2. The number of hydrogen-bond acceptors (Lipinski definition) is 4. The summed E-state index contributed by atoms with van der Waals surface area (Å²) in [6.45, 7) is 0. The maximum atomic E-state index is 12.5. The third-order valence-electron chi connectivity index (χ3n) is 3.21. The van der Waals surface area contributed by atoms with Crippen LogP contribution in [0.2, 0.25) is 0 Å². The van der Waals surface area contributed by atoms with Crippen molar-refractivity contribution in [1.29, 1.82) is 0 Å². The highest BCUT2D eigenvalue weighted by Gasteiger charge is 2.34. The molecular formula is C14H9BrN2O2. The minimum absolute atomic E-state index is 0.199. The number of ketones is 2. The molecule has 2 aromatic rings. The predicted octanol–water partition coefficient (Wildman–Crippen LogP) is 2.39. The molecule has 0 atom stereocenters. The zero-order chi connectivity index (χ0) is 13.7. The Balaban J connectivity index is 2.43. The van der Waals surface area contributed by atoms with Crippen LogP contribution in [0.25, 0.3) is 0 Å². The Bertz CT molecular complexity index is 753. The van der Waals surface area contributed by atoms with Crippen LogP contribution in [0.5, 0.6) is 0 Å². The average molecular weight is 317 g/mol. The van der Waals surface area contributed by atoms with Crippen LogP contribution in [0.3, 0.4) is 0 Å². The van der Waals surface area contributed by atoms with Crippen LogP contribution >= 0.6 is 15.9 Å². The Morgan fingerprint density at radius 3 is 2.00 bits per heavy atom. The van der Waals surface area contributed by atoms with Crippen molar-refractivity contribution in [3.63, 3.8) is 0 Å². The molecule has 0 aromatic heterocycles. The lowest BCUT2D eigenvalue weighted by Gasteiger charge is -2.21. The van der Waals surface area contributed by atoms with Gasteiger partial charge in [-0.3, -0.25) is 9.59 Å². The minimum Gasteiger partial charge on any atom is -0.398 e. The highest BCUT2D eigenvalue weighted by atomic mass is 79.9. The van der Waals surface area contributed by atoms with Crippen LogP contribution in [0.1, 0.15) is 31.8 Å². The van der Waals surface area contributed by atoms with Crippen molar-refractivity contribution >= 4 is 38.9 Å². The number of hydrogen-bond donors (Lipinski definition) is 2. The monoisotopic (exact) mass is 316 g/mol. The van der Waals surface area contributed by atoms with Gasteiger partial charge in [0.05, 0.1) is 11.1 Å². The van der Waals surface area contributed by atoms with Crippen molar-refractivity contribution < 1.29 is 9.59 Å². The minimum atomic E-state index is -0.276. The molecule has 19 heavy (non-hydrogen) atoms. The molecule has 1 aliphatic carbocycles. The fourth-order valence-corrected chi connectivity index (χ4v) is 2.87. The second-order valence-corrected chi connectivity index (χ2v) is 5.17. The van der Waals surface area contributed by atoms with Crippen LogP contribution in [-0.4, -0.2) is 11.6 Å². The van der Waals surface area contributed by atoms with Gasteiger partial charge in [0.1, 0.15) is 0 Å². The highest BCUT2D eigenvalue weighted by molar-refractivity contribution is 9.10. The SMILES string of the molecule is Nc1ccc(N)c2c1C(=O)c1cccc(Br)c1C2=O. The van der Waals surface area contributed by atoms with E-state index >= 15 is 0 Å². The van der Waals surface area contributed by atoms with Gasteiger partial charge in [-0.1, -0.05) is 28.1 Å². The Labute approximate surface area is 117 Å². The molecule has 5 heteroatoms. The average Bonchev–Trinajstić information content (AvgIpc) is 2.38. The molecule has 0 fully saturated rings. The molecule has 0 saturated carbocycles. The molecule has 0 aliphatic heterocycles. The summed E-state index contributed by atoms with van der Waals surface area (Å²) >= 11 is 3.30. The molecule has 0 unspecified atom stereocenters. The van der Waals surface area contributed by atoms with E-state index in [0.717, 1.165) is 0 Å². The van der Waals surface area contributed by atoms with Crippen LogP contribution < -0.4 is 11.5 Å². The topological polar surface area (TPSA) is 86.2 Å². The highest BCUT2D eigenvalue weighted by Crippen LogP contribution is 2.36. The molecule has 4 nitrogen and oxygen atoms in total. The van der Waals surface area contributed by atoms with Crippen molar-refractivity contribution in [2.75, 3.05) is 11.5 Å². The first kappa shape index (κ1) is 11.9. The van der Waals surface area contributed by atoms with E-state index in [2.05, 4.69) is 15.9 Å². The van der Waals surface area contributed by atoms with Gasteiger partial charge in [-0.2, -0.15) is 0 Å². The predicted molar refractivity (Wildman–Crippen MR) is 76.3 cm³/mol. The van der Waals surface area contributed by atoms with E-state index in [1.807, 2.05) is 0 Å². The summed E-state index contributed by atoms with van der Waals surface area (Å²) in [7, 11) is 0. The number of nitrogen functional groups attached to an aromatic ring is 2. The van der Waals surface area contributed by atoms with Gasteiger partial charge >= 0.3 is 0 Å². The maximum absolute atomic E-state index is 12.5. The number of fused-ring (bicyclic) bond motifs is 2. The molecule has 0 amide bonds. The van der Waals surface area contributed by atoms with Gasteiger partial charge in [-0.15, -0.1) is 0 Å². The van der Waals surface area contributed by atoms with Crippen LogP contribution in [0.15, 0.2) is 34.8 Å². The molecular weight excluding hydrogens is 308 g/mol. The van der Waals surface area contributed by atoms with Crippen molar-refractivity contribution in [3.8, 4) is 0 Å². The van der Waals surface area contributed by atoms with Crippen molar-refractivity contribution in [1.82, 2.24) is 0 Å². The van der Waals surface area contributed by atoms with Crippen molar-refractivity contribution in [2.24, 2.45) is 0 Å². The molecule has 0 bridgehead atoms. The number of carbonyl (C=O) groups is 2. The fraction of sp³-hybridized carbons (Fsp3) is 0. The van der Waals surface area contributed by atoms with Crippen molar-refractivity contribution in [3.05, 3.63) is 57.1 Å². The first-order valence-electron chi connectivity index (χ1n) is 5.58. The summed E-state index contributed by atoms with van der Waals surface area (Å²) in [4.78, 5) is 25.0. The van der Waals surface area contributed by atoms with E-state index in [-0.39, 0.29) is 34.1 Å². The van der Waals surface area contributed by atoms with Crippen LogP contribution in [-0.2, 0) is 0 Å². The molecule has 94 valence electrons.